The number of hydrogen-bond donors (Lipinski definition) is 0. The van der Waals surface area contributed by atoms with E-state index in [1.807, 2.05) is 19.9 Å². The molecule has 0 bridgehead atoms. The largest absolute Gasteiger partial charge is 0.489 e. The van der Waals surface area contributed by atoms with Crippen molar-refractivity contribution in [3.05, 3.63) is 75.6 Å². The van der Waals surface area contributed by atoms with E-state index in [2.05, 4.69) is 0 Å². The predicted molar refractivity (Wildman–Crippen MR) is 114 cm³/mol. The van der Waals surface area contributed by atoms with Crippen LogP contribution in [0.1, 0.15) is 41.3 Å². The molecule has 0 radical (unpaired) electrons. The summed E-state index contributed by atoms with van der Waals surface area (Å²) in [5, 5.41) is 0.851. The molecular formula is C24H24O7. The minimum absolute atomic E-state index is 0.265. The van der Waals surface area contributed by atoms with E-state index in [0.717, 1.165) is 29.4 Å². The second-order valence-corrected chi connectivity index (χ2v) is 7.04. The zero-order chi connectivity index (χ0) is 22.2. The highest BCUT2D eigenvalue weighted by Crippen LogP contribution is 2.23. The van der Waals surface area contributed by atoms with Gasteiger partial charge in [0.25, 0.3) is 0 Å². The number of carbonyl (C=O) groups excluding carboxylic acids is 2. The highest BCUT2D eigenvalue weighted by Gasteiger charge is 2.11. The molecule has 3 aromatic rings. The first-order chi connectivity index (χ1) is 15.0. The summed E-state index contributed by atoms with van der Waals surface area (Å²) in [6.45, 7) is 4.02. The number of esters is 2. The van der Waals surface area contributed by atoms with E-state index in [1.54, 1.807) is 36.4 Å². The van der Waals surface area contributed by atoms with Crippen LogP contribution in [-0.4, -0.2) is 25.2 Å². The van der Waals surface area contributed by atoms with Gasteiger partial charge in [0.1, 0.15) is 17.9 Å². The maximum Gasteiger partial charge on any atom is 0.344 e. The van der Waals surface area contributed by atoms with Crippen LogP contribution < -0.4 is 10.4 Å². The van der Waals surface area contributed by atoms with Crippen LogP contribution in [-0.2, 0) is 20.9 Å². The summed E-state index contributed by atoms with van der Waals surface area (Å²) < 4.78 is 20.9. The van der Waals surface area contributed by atoms with Gasteiger partial charge in [0.15, 0.2) is 6.61 Å². The normalized spacial score (nSPS) is 10.6. The minimum Gasteiger partial charge on any atom is -0.489 e. The van der Waals surface area contributed by atoms with E-state index >= 15 is 0 Å². The van der Waals surface area contributed by atoms with Crippen molar-refractivity contribution in [2.45, 2.75) is 33.3 Å². The zero-order valence-corrected chi connectivity index (χ0v) is 17.5. The Morgan fingerprint density at radius 2 is 1.77 bits per heavy atom. The Kier molecular flexibility index (Phi) is 7.43. The first kappa shape index (κ1) is 22.1. The fourth-order valence-electron chi connectivity index (χ4n) is 2.88. The molecule has 3 rings (SSSR count). The monoisotopic (exact) mass is 424 g/mol. The molecule has 0 aliphatic rings. The number of aryl methyl sites for hydroxylation is 1. The van der Waals surface area contributed by atoms with Crippen LogP contribution in [0.25, 0.3) is 11.0 Å². The number of rotatable bonds is 9. The number of fused-ring (bicyclic) bond motifs is 1. The molecule has 0 atom stereocenters. The lowest BCUT2D eigenvalue weighted by Crippen LogP contribution is -2.17. The van der Waals surface area contributed by atoms with Gasteiger partial charge in [0, 0.05) is 17.5 Å². The number of unbranched alkanes of at least 4 members (excludes halogenated alkanes) is 1. The quantitative estimate of drug-likeness (QED) is 0.289. The number of hydrogen-bond acceptors (Lipinski definition) is 7. The second kappa shape index (κ2) is 10.4. The summed E-state index contributed by atoms with van der Waals surface area (Å²) in [5.74, 6) is -0.598. The van der Waals surface area contributed by atoms with Crippen LogP contribution in [0.4, 0.5) is 0 Å². The van der Waals surface area contributed by atoms with Crippen molar-refractivity contribution < 1.29 is 28.2 Å². The molecule has 0 saturated heterocycles. The van der Waals surface area contributed by atoms with Crippen molar-refractivity contribution in [2.75, 3.05) is 13.2 Å². The molecular weight excluding hydrogens is 400 g/mol. The van der Waals surface area contributed by atoms with Gasteiger partial charge in [-0.25, -0.2) is 14.4 Å². The summed E-state index contributed by atoms with van der Waals surface area (Å²) in [6, 6.07) is 13.5. The summed E-state index contributed by atoms with van der Waals surface area (Å²) in [4.78, 5) is 35.1. The van der Waals surface area contributed by atoms with E-state index in [1.165, 1.54) is 6.07 Å². The van der Waals surface area contributed by atoms with Crippen molar-refractivity contribution in [2.24, 2.45) is 0 Å². The summed E-state index contributed by atoms with van der Waals surface area (Å²) in [6.07, 6.45) is 1.69. The fraction of sp³-hybridized carbons (Fsp3) is 0.292. The molecule has 0 amide bonds. The molecule has 162 valence electrons. The SMILES string of the molecule is CCCCOC(=O)COC(=O)c1ccc(COc2ccc3c(C)cc(=O)oc3c2)cc1. The third kappa shape index (κ3) is 6.18. The van der Waals surface area contributed by atoms with Gasteiger partial charge < -0.3 is 18.6 Å². The van der Waals surface area contributed by atoms with E-state index in [0.29, 0.717) is 23.5 Å². The van der Waals surface area contributed by atoms with Gasteiger partial charge in [-0.15, -0.1) is 0 Å². The number of carbonyl (C=O) groups is 2. The maximum absolute atomic E-state index is 12.1. The van der Waals surface area contributed by atoms with Gasteiger partial charge >= 0.3 is 17.6 Å². The molecule has 0 unspecified atom stereocenters. The fourth-order valence-corrected chi connectivity index (χ4v) is 2.88. The Bertz CT molecular complexity index is 1110. The second-order valence-electron chi connectivity index (χ2n) is 7.04. The van der Waals surface area contributed by atoms with Crippen molar-refractivity contribution in [3.63, 3.8) is 0 Å². The first-order valence-electron chi connectivity index (χ1n) is 10.0. The van der Waals surface area contributed by atoms with Gasteiger partial charge in [-0.3, -0.25) is 0 Å². The summed E-state index contributed by atoms with van der Waals surface area (Å²) in [5.41, 5.74) is 2.07. The predicted octanol–water partition coefficient (Wildman–Crippen LogP) is 4.18. The van der Waals surface area contributed by atoms with Crippen LogP contribution in [0.2, 0.25) is 0 Å². The molecule has 0 fully saturated rings. The smallest absolute Gasteiger partial charge is 0.344 e. The van der Waals surface area contributed by atoms with Crippen LogP contribution in [0.15, 0.2) is 57.7 Å². The van der Waals surface area contributed by atoms with E-state index in [4.69, 9.17) is 18.6 Å². The topological polar surface area (TPSA) is 92.0 Å². The Morgan fingerprint density at radius 3 is 2.52 bits per heavy atom. The van der Waals surface area contributed by atoms with Crippen molar-refractivity contribution in [1.82, 2.24) is 0 Å². The zero-order valence-electron chi connectivity index (χ0n) is 17.5. The molecule has 0 saturated carbocycles. The van der Waals surface area contributed by atoms with Crippen LogP contribution >= 0.6 is 0 Å². The average Bonchev–Trinajstić information content (AvgIpc) is 2.76. The van der Waals surface area contributed by atoms with Gasteiger partial charge in [-0.2, -0.15) is 0 Å². The van der Waals surface area contributed by atoms with Gasteiger partial charge in [-0.05, 0) is 48.7 Å². The van der Waals surface area contributed by atoms with Crippen molar-refractivity contribution in [1.29, 1.82) is 0 Å². The molecule has 1 heterocycles. The van der Waals surface area contributed by atoms with E-state index in [9.17, 15) is 14.4 Å². The molecule has 7 nitrogen and oxygen atoms in total. The molecule has 0 N–H and O–H groups in total. The third-order valence-electron chi connectivity index (χ3n) is 4.60. The lowest BCUT2D eigenvalue weighted by atomic mass is 10.1. The van der Waals surface area contributed by atoms with Gasteiger partial charge in [0.05, 0.1) is 12.2 Å². The first-order valence-corrected chi connectivity index (χ1v) is 10.0. The highest BCUT2D eigenvalue weighted by molar-refractivity contribution is 5.90. The number of benzene rings is 2. The lowest BCUT2D eigenvalue weighted by molar-refractivity contribution is -0.147. The minimum atomic E-state index is -0.597. The maximum atomic E-state index is 12.1. The standard InChI is InChI=1S/C24H24O7/c1-3-4-11-28-23(26)15-30-24(27)18-7-5-17(6-8-18)14-29-19-9-10-20-16(2)12-22(25)31-21(20)13-19/h5-10,12-13H,3-4,11,14-15H2,1-2H3. The Balaban J connectivity index is 1.53. The Hall–Kier alpha value is -3.61. The summed E-state index contributed by atoms with van der Waals surface area (Å²) >= 11 is 0. The molecule has 7 heteroatoms. The number of ether oxygens (including phenoxy) is 3. The van der Waals surface area contributed by atoms with Crippen LogP contribution in [0.5, 0.6) is 5.75 Å². The molecule has 0 spiro atoms. The Morgan fingerprint density at radius 1 is 1.00 bits per heavy atom. The molecule has 2 aromatic carbocycles. The van der Waals surface area contributed by atoms with Gasteiger partial charge in [0.2, 0.25) is 0 Å². The van der Waals surface area contributed by atoms with Crippen molar-refractivity contribution in [3.8, 4) is 5.75 Å². The van der Waals surface area contributed by atoms with E-state index in [-0.39, 0.29) is 6.61 Å². The van der Waals surface area contributed by atoms with E-state index < -0.39 is 24.2 Å². The lowest BCUT2D eigenvalue weighted by Gasteiger charge is -2.09. The van der Waals surface area contributed by atoms with Crippen LogP contribution in [0, 0.1) is 6.92 Å². The highest BCUT2D eigenvalue weighted by atomic mass is 16.6. The Labute approximate surface area is 179 Å². The van der Waals surface area contributed by atoms with Gasteiger partial charge in [-0.1, -0.05) is 25.5 Å². The van der Waals surface area contributed by atoms with Crippen molar-refractivity contribution >= 4 is 22.9 Å². The molecule has 31 heavy (non-hydrogen) atoms. The molecule has 0 aliphatic carbocycles. The molecule has 1 aromatic heterocycles. The van der Waals surface area contributed by atoms with Crippen LogP contribution in [0.3, 0.4) is 0 Å². The molecule has 0 aliphatic heterocycles. The average molecular weight is 424 g/mol. The summed E-state index contributed by atoms with van der Waals surface area (Å²) in [7, 11) is 0. The third-order valence-corrected chi connectivity index (χ3v) is 4.60.